The third kappa shape index (κ3) is 2.10. The van der Waals surface area contributed by atoms with Crippen LogP contribution in [0.3, 0.4) is 0 Å². The molecular weight excluding hydrogens is 258 g/mol. The number of carbonyl (C=O) groups excluding carboxylic acids is 2. The second-order valence-electron chi connectivity index (χ2n) is 5.81. The van der Waals surface area contributed by atoms with Gasteiger partial charge < -0.3 is 15.1 Å². The first-order valence-corrected chi connectivity index (χ1v) is 7.23. The molecule has 2 unspecified atom stereocenters. The molecule has 20 heavy (non-hydrogen) atoms. The Hall–Kier alpha value is -1.79. The van der Waals surface area contributed by atoms with Gasteiger partial charge in [-0.15, -0.1) is 0 Å². The Bertz CT molecular complexity index is 458. The minimum Gasteiger partial charge on any atom is -0.353 e. The molecule has 0 aromatic carbocycles. The number of aliphatic imine (C=N–C) groups is 1. The second kappa shape index (κ2) is 4.96. The van der Waals surface area contributed by atoms with Crippen LogP contribution in [0.1, 0.15) is 32.1 Å². The number of carbonyl (C=O) groups is 2. The number of nitrogens with zero attached hydrogens (tertiary/aromatic N) is 3. The van der Waals surface area contributed by atoms with Crippen LogP contribution in [0.4, 0.5) is 4.79 Å². The Morgan fingerprint density at radius 3 is 2.55 bits per heavy atom. The quantitative estimate of drug-likeness (QED) is 0.713. The maximum Gasteiger partial charge on any atom is 0.325 e. The van der Waals surface area contributed by atoms with E-state index in [2.05, 4.69) is 15.6 Å². The molecule has 0 spiro atoms. The van der Waals surface area contributed by atoms with Crippen molar-refractivity contribution in [2.24, 2.45) is 4.99 Å². The summed E-state index contributed by atoms with van der Waals surface area (Å²) in [5.74, 6) is 0.452. The fraction of sp³-hybridized carbons (Fsp3) is 0.769. The van der Waals surface area contributed by atoms with E-state index >= 15 is 0 Å². The molecule has 1 saturated heterocycles. The SMILES string of the molecule is CN1C(=O)NC(=O)C2C1N=C(NC1CCCCC1)N2C. The summed E-state index contributed by atoms with van der Waals surface area (Å²) < 4.78 is 0. The summed E-state index contributed by atoms with van der Waals surface area (Å²) in [4.78, 5) is 31.5. The molecule has 7 nitrogen and oxygen atoms in total. The van der Waals surface area contributed by atoms with Crippen molar-refractivity contribution >= 4 is 17.9 Å². The normalized spacial score (nSPS) is 31.0. The zero-order chi connectivity index (χ0) is 14.3. The third-order valence-electron chi connectivity index (χ3n) is 4.44. The van der Waals surface area contributed by atoms with Gasteiger partial charge in [0.15, 0.2) is 18.2 Å². The van der Waals surface area contributed by atoms with Crippen LogP contribution >= 0.6 is 0 Å². The number of rotatable bonds is 1. The van der Waals surface area contributed by atoms with Crippen molar-refractivity contribution in [1.82, 2.24) is 20.4 Å². The van der Waals surface area contributed by atoms with Crippen molar-refractivity contribution in [3.05, 3.63) is 0 Å². The van der Waals surface area contributed by atoms with Crippen molar-refractivity contribution in [2.75, 3.05) is 14.1 Å². The molecule has 0 aromatic rings. The molecule has 0 aromatic heterocycles. The molecule has 1 aliphatic carbocycles. The Labute approximate surface area is 118 Å². The predicted octanol–water partition coefficient (Wildman–Crippen LogP) is 0.0864. The van der Waals surface area contributed by atoms with Gasteiger partial charge in [-0.3, -0.25) is 10.1 Å². The Morgan fingerprint density at radius 1 is 1.15 bits per heavy atom. The summed E-state index contributed by atoms with van der Waals surface area (Å²) in [6.45, 7) is 0. The van der Waals surface area contributed by atoms with Crippen molar-refractivity contribution in [2.45, 2.75) is 50.4 Å². The molecule has 7 heteroatoms. The van der Waals surface area contributed by atoms with Crippen LogP contribution in [-0.2, 0) is 4.79 Å². The molecule has 2 fully saturated rings. The van der Waals surface area contributed by atoms with Gasteiger partial charge in [0.05, 0.1) is 0 Å². The zero-order valence-electron chi connectivity index (χ0n) is 11.9. The number of hydrogen-bond donors (Lipinski definition) is 2. The standard InChI is InChI=1S/C13H21N5O2/c1-17-9-10(18(2)13(20)16-11(9)19)15-12(17)14-8-6-4-3-5-7-8/h8-10H,3-7H2,1-2H3,(H,14,15)(H,16,19,20). The first-order chi connectivity index (χ1) is 9.58. The minimum atomic E-state index is -0.427. The molecule has 0 radical (unpaired) electrons. The number of guanidine groups is 1. The van der Waals surface area contributed by atoms with E-state index in [0.717, 1.165) is 18.8 Å². The Balaban J connectivity index is 1.75. The van der Waals surface area contributed by atoms with Crippen LogP contribution in [0.25, 0.3) is 0 Å². The van der Waals surface area contributed by atoms with Gasteiger partial charge in [-0.1, -0.05) is 19.3 Å². The fourth-order valence-electron chi connectivity index (χ4n) is 3.18. The lowest BCUT2D eigenvalue weighted by atomic mass is 9.96. The average Bonchev–Trinajstić information content (AvgIpc) is 2.75. The molecule has 110 valence electrons. The molecule has 3 aliphatic rings. The fourth-order valence-corrected chi connectivity index (χ4v) is 3.18. The Kier molecular flexibility index (Phi) is 3.27. The van der Waals surface area contributed by atoms with Crippen LogP contribution in [0.15, 0.2) is 4.99 Å². The van der Waals surface area contributed by atoms with Gasteiger partial charge in [0.2, 0.25) is 0 Å². The summed E-state index contributed by atoms with van der Waals surface area (Å²) in [7, 11) is 3.52. The monoisotopic (exact) mass is 279 g/mol. The lowest BCUT2D eigenvalue weighted by Crippen LogP contribution is -2.63. The number of fused-ring (bicyclic) bond motifs is 1. The van der Waals surface area contributed by atoms with E-state index in [1.54, 1.807) is 7.05 Å². The van der Waals surface area contributed by atoms with E-state index < -0.39 is 12.2 Å². The summed E-state index contributed by atoms with van der Waals surface area (Å²) in [6.07, 6.45) is 5.63. The number of urea groups is 1. The number of imide groups is 1. The molecular formula is C13H21N5O2. The van der Waals surface area contributed by atoms with Crippen molar-refractivity contribution in [3.63, 3.8) is 0 Å². The van der Waals surface area contributed by atoms with Gasteiger partial charge in [-0.25, -0.2) is 9.79 Å². The molecule has 2 heterocycles. The highest BCUT2D eigenvalue weighted by Gasteiger charge is 2.47. The molecule has 2 aliphatic heterocycles. The minimum absolute atomic E-state index is 0.273. The van der Waals surface area contributed by atoms with E-state index in [0.29, 0.717) is 6.04 Å². The lowest BCUT2D eigenvalue weighted by Gasteiger charge is -2.35. The highest BCUT2D eigenvalue weighted by Crippen LogP contribution is 2.23. The molecule has 3 amide bonds. The van der Waals surface area contributed by atoms with E-state index in [1.807, 2.05) is 11.9 Å². The van der Waals surface area contributed by atoms with Gasteiger partial charge in [0.1, 0.15) is 0 Å². The zero-order valence-corrected chi connectivity index (χ0v) is 11.9. The van der Waals surface area contributed by atoms with Crippen LogP contribution in [-0.4, -0.2) is 60.0 Å². The van der Waals surface area contributed by atoms with E-state index in [1.165, 1.54) is 24.2 Å². The molecule has 2 N–H and O–H groups in total. The van der Waals surface area contributed by atoms with Crippen molar-refractivity contribution in [3.8, 4) is 0 Å². The maximum absolute atomic E-state index is 12.0. The third-order valence-corrected chi connectivity index (χ3v) is 4.44. The first-order valence-electron chi connectivity index (χ1n) is 7.23. The average molecular weight is 279 g/mol. The number of amides is 3. The number of likely N-dealkylation sites (N-methyl/N-ethyl adjacent to an activating group) is 2. The first kappa shape index (κ1) is 13.2. The summed E-state index contributed by atoms with van der Waals surface area (Å²) in [5.41, 5.74) is 0. The topological polar surface area (TPSA) is 77.0 Å². The molecule has 3 rings (SSSR count). The van der Waals surface area contributed by atoms with Crippen molar-refractivity contribution < 1.29 is 9.59 Å². The number of hydrogen-bond acceptors (Lipinski definition) is 5. The predicted molar refractivity (Wildman–Crippen MR) is 74.1 cm³/mol. The van der Waals surface area contributed by atoms with Gasteiger partial charge >= 0.3 is 6.03 Å². The van der Waals surface area contributed by atoms with Crippen LogP contribution in [0, 0.1) is 0 Å². The maximum atomic E-state index is 12.0. The van der Waals surface area contributed by atoms with Crippen LogP contribution < -0.4 is 10.6 Å². The highest BCUT2D eigenvalue weighted by atomic mass is 16.2. The summed E-state index contributed by atoms with van der Waals surface area (Å²) >= 11 is 0. The van der Waals surface area contributed by atoms with E-state index in [4.69, 9.17) is 0 Å². The second-order valence-corrected chi connectivity index (χ2v) is 5.81. The van der Waals surface area contributed by atoms with Gasteiger partial charge in [-0.2, -0.15) is 0 Å². The molecule has 1 saturated carbocycles. The molecule has 2 atom stereocenters. The van der Waals surface area contributed by atoms with E-state index in [-0.39, 0.29) is 11.9 Å². The van der Waals surface area contributed by atoms with Gasteiger partial charge in [0, 0.05) is 20.1 Å². The smallest absolute Gasteiger partial charge is 0.325 e. The molecule has 0 bridgehead atoms. The highest BCUT2D eigenvalue weighted by molar-refractivity contribution is 6.03. The lowest BCUT2D eigenvalue weighted by molar-refractivity contribution is -0.126. The van der Waals surface area contributed by atoms with Crippen LogP contribution in [0.2, 0.25) is 0 Å². The number of nitrogens with one attached hydrogen (secondary N) is 2. The van der Waals surface area contributed by atoms with Crippen molar-refractivity contribution in [1.29, 1.82) is 0 Å². The van der Waals surface area contributed by atoms with Crippen LogP contribution in [0.5, 0.6) is 0 Å². The summed E-state index contributed by atoms with van der Waals surface area (Å²) in [5, 5.41) is 5.80. The summed E-state index contributed by atoms with van der Waals surface area (Å²) in [6, 6.07) is -0.384. The largest absolute Gasteiger partial charge is 0.353 e. The van der Waals surface area contributed by atoms with Gasteiger partial charge in [0.25, 0.3) is 5.91 Å². The van der Waals surface area contributed by atoms with Gasteiger partial charge in [-0.05, 0) is 12.8 Å². The Morgan fingerprint density at radius 2 is 1.85 bits per heavy atom. The van der Waals surface area contributed by atoms with E-state index in [9.17, 15) is 9.59 Å².